The Kier molecular flexibility index (Phi) is 4.22. The summed E-state index contributed by atoms with van der Waals surface area (Å²) in [5.74, 6) is -0.0168. The fourth-order valence-corrected chi connectivity index (χ4v) is 2.34. The lowest BCUT2D eigenvalue weighted by atomic mass is 9.84. The molecule has 1 saturated heterocycles. The summed E-state index contributed by atoms with van der Waals surface area (Å²) in [4.78, 5) is 12.4. The molecule has 1 aromatic rings. The van der Waals surface area contributed by atoms with Gasteiger partial charge in [0, 0.05) is 12.2 Å². The first-order valence-electron chi connectivity index (χ1n) is 6.87. The number of benzene rings is 1. The van der Waals surface area contributed by atoms with E-state index >= 15 is 0 Å². The molecule has 1 amide bonds. The molecule has 0 radical (unpaired) electrons. The second-order valence-electron chi connectivity index (χ2n) is 5.09. The maximum absolute atomic E-state index is 12.4. The van der Waals surface area contributed by atoms with Crippen LogP contribution in [0.1, 0.15) is 25.0 Å². The molecule has 4 heteroatoms. The van der Waals surface area contributed by atoms with Crippen LogP contribution >= 0.6 is 0 Å². The van der Waals surface area contributed by atoms with Crippen LogP contribution in [-0.2, 0) is 22.4 Å². The Morgan fingerprint density at radius 1 is 1.32 bits per heavy atom. The first-order valence-corrected chi connectivity index (χ1v) is 6.87. The van der Waals surface area contributed by atoms with Crippen molar-refractivity contribution >= 4 is 11.6 Å². The first kappa shape index (κ1) is 14.0. The molecule has 4 nitrogen and oxygen atoms in total. The second kappa shape index (κ2) is 5.72. The minimum absolute atomic E-state index is 0.0168. The largest absolute Gasteiger partial charge is 0.379 e. The summed E-state index contributed by atoms with van der Waals surface area (Å²) in [6.45, 7) is 5.36. The standard InChI is InChI=1S/C15H22N2O2/c1-3-11-6-5-7-12(4-2)13(11)17-14(18)15(8-16)9-19-10-15/h5-7H,3-4,8-10,16H2,1-2H3,(H,17,18). The number of amides is 1. The lowest BCUT2D eigenvalue weighted by Gasteiger charge is -2.39. The second-order valence-corrected chi connectivity index (χ2v) is 5.09. The van der Waals surface area contributed by atoms with Gasteiger partial charge in [-0.05, 0) is 24.0 Å². The van der Waals surface area contributed by atoms with Crippen molar-refractivity contribution in [1.29, 1.82) is 0 Å². The van der Waals surface area contributed by atoms with Crippen molar-refractivity contribution in [3.8, 4) is 0 Å². The van der Waals surface area contributed by atoms with Gasteiger partial charge in [0.25, 0.3) is 0 Å². The average Bonchev–Trinajstić information content (AvgIpc) is 2.38. The lowest BCUT2D eigenvalue weighted by molar-refractivity contribution is -0.153. The Bertz CT molecular complexity index is 439. The van der Waals surface area contributed by atoms with Crippen LogP contribution in [0.15, 0.2) is 18.2 Å². The summed E-state index contributed by atoms with van der Waals surface area (Å²) in [5, 5.41) is 3.08. The summed E-state index contributed by atoms with van der Waals surface area (Å²) in [6.07, 6.45) is 1.80. The molecule has 1 aliphatic heterocycles. The fraction of sp³-hybridized carbons (Fsp3) is 0.533. The van der Waals surface area contributed by atoms with Gasteiger partial charge in [0.15, 0.2) is 0 Å². The van der Waals surface area contributed by atoms with Gasteiger partial charge in [0.1, 0.15) is 5.41 Å². The van der Waals surface area contributed by atoms with E-state index in [0.29, 0.717) is 19.8 Å². The summed E-state index contributed by atoms with van der Waals surface area (Å²) in [5.41, 5.74) is 8.48. The van der Waals surface area contributed by atoms with Crippen LogP contribution in [0, 0.1) is 5.41 Å². The Balaban J connectivity index is 2.25. The monoisotopic (exact) mass is 262 g/mol. The van der Waals surface area contributed by atoms with Gasteiger partial charge in [-0.2, -0.15) is 0 Å². The van der Waals surface area contributed by atoms with Crippen LogP contribution in [0.25, 0.3) is 0 Å². The van der Waals surface area contributed by atoms with Gasteiger partial charge in [-0.1, -0.05) is 32.0 Å². The molecule has 2 rings (SSSR count). The van der Waals surface area contributed by atoms with Crippen LogP contribution in [-0.4, -0.2) is 25.7 Å². The lowest BCUT2D eigenvalue weighted by Crippen LogP contribution is -2.56. The van der Waals surface area contributed by atoms with Crippen molar-refractivity contribution in [3.63, 3.8) is 0 Å². The van der Waals surface area contributed by atoms with Crippen LogP contribution < -0.4 is 11.1 Å². The normalized spacial score (nSPS) is 16.8. The van der Waals surface area contributed by atoms with E-state index in [1.807, 2.05) is 6.07 Å². The third-order valence-electron chi connectivity index (χ3n) is 3.87. The molecule has 0 atom stereocenters. The number of ether oxygens (including phenoxy) is 1. The number of carbonyl (C=O) groups is 1. The van der Waals surface area contributed by atoms with Crippen LogP contribution in [0.3, 0.4) is 0 Å². The molecule has 0 saturated carbocycles. The van der Waals surface area contributed by atoms with Gasteiger partial charge in [0.05, 0.1) is 13.2 Å². The molecule has 19 heavy (non-hydrogen) atoms. The first-order chi connectivity index (χ1) is 9.16. The number of nitrogens with one attached hydrogen (secondary N) is 1. The SMILES string of the molecule is CCc1cccc(CC)c1NC(=O)C1(CN)COC1. The van der Waals surface area contributed by atoms with Crippen molar-refractivity contribution in [2.24, 2.45) is 11.1 Å². The molecule has 3 N–H and O–H groups in total. The van der Waals surface area contributed by atoms with Gasteiger partial charge >= 0.3 is 0 Å². The quantitative estimate of drug-likeness (QED) is 0.849. The van der Waals surface area contributed by atoms with Crippen molar-refractivity contribution < 1.29 is 9.53 Å². The Labute approximate surface area is 114 Å². The molecular formula is C15H22N2O2. The number of para-hydroxylation sites is 1. The van der Waals surface area contributed by atoms with E-state index in [0.717, 1.165) is 18.5 Å². The van der Waals surface area contributed by atoms with E-state index in [2.05, 4.69) is 31.3 Å². The summed E-state index contributed by atoms with van der Waals surface area (Å²) >= 11 is 0. The predicted molar refractivity (Wildman–Crippen MR) is 76.1 cm³/mol. The highest BCUT2D eigenvalue weighted by Gasteiger charge is 2.44. The summed E-state index contributed by atoms with van der Waals surface area (Å²) in [6, 6.07) is 6.15. The number of hydrogen-bond donors (Lipinski definition) is 2. The third kappa shape index (κ3) is 2.51. The number of aryl methyl sites for hydroxylation is 2. The topological polar surface area (TPSA) is 64.4 Å². The fourth-order valence-electron chi connectivity index (χ4n) is 2.34. The van der Waals surface area contributed by atoms with Crippen molar-refractivity contribution in [1.82, 2.24) is 0 Å². The van der Waals surface area contributed by atoms with E-state index in [4.69, 9.17) is 10.5 Å². The minimum atomic E-state index is -0.536. The molecule has 1 aliphatic rings. The molecule has 0 unspecified atom stereocenters. The zero-order valence-electron chi connectivity index (χ0n) is 11.7. The summed E-state index contributed by atoms with van der Waals surface area (Å²) < 4.78 is 5.16. The van der Waals surface area contributed by atoms with Crippen LogP contribution in [0.5, 0.6) is 0 Å². The molecular weight excluding hydrogens is 240 g/mol. The highest BCUT2D eigenvalue weighted by molar-refractivity contribution is 5.97. The highest BCUT2D eigenvalue weighted by Crippen LogP contribution is 2.30. The number of hydrogen-bond acceptors (Lipinski definition) is 3. The number of anilines is 1. The van der Waals surface area contributed by atoms with Crippen molar-refractivity contribution in [2.45, 2.75) is 26.7 Å². The van der Waals surface area contributed by atoms with Gasteiger partial charge in [0.2, 0.25) is 5.91 Å². The summed E-state index contributed by atoms with van der Waals surface area (Å²) in [7, 11) is 0. The number of rotatable bonds is 5. The van der Waals surface area contributed by atoms with E-state index in [9.17, 15) is 4.79 Å². The zero-order chi connectivity index (χ0) is 13.9. The van der Waals surface area contributed by atoms with Crippen LogP contribution in [0.2, 0.25) is 0 Å². The number of carbonyl (C=O) groups excluding carboxylic acids is 1. The predicted octanol–water partition coefficient (Wildman–Crippen LogP) is 1.73. The Morgan fingerprint density at radius 2 is 1.89 bits per heavy atom. The molecule has 0 aromatic heterocycles. The van der Waals surface area contributed by atoms with Gasteiger partial charge in [-0.15, -0.1) is 0 Å². The maximum atomic E-state index is 12.4. The van der Waals surface area contributed by atoms with Gasteiger partial charge in [-0.25, -0.2) is 0 Å². The Hall–Kier alpha value is -1.39. The van der Waals surface area contributed by atoms with E-state index in [-0.39, 0.29) is 5.91 Å². The average molecular weight is 262 g/mol. The molecule has 1 aromatic carbocycles. The van der Waals surface area contributed by atoms with Gasteiger partial charge < -0.3 is 15.8 Å². The highest BCUT2D eigenvalue weighted by atomic mass is 16.5. The Morgan fingerprint density at radius 3 is 2.26 bits per heavy atom. The van der Waals surface area contributed by atoms with E-state index in [1.165, 1.54) is 11.1 Å². The maximum Gasteiger partial charge on any atom is 0.236 e. The van der Waals surface area contributed by atoms with Crippen molar-refractivity contribution in [3.05, 3.63) is 29.3 Å². The number of nitrogens with two attached hydrogens (primary N) is 1. The zero-order valence-corrected chi connectivity index (χ0v) is 11.7. The molecule has 1 heterocycles. The minimum Gasteiger partial charge on any atom is -0.379 e. The third-order valence-corrected chi connectivity index (χ3v) is 3.87. The van der Waals surface area contributed by atoms with E-state index < -0.39 is 5.41 Å². The van der Waals surface area contributed by atoms with E-state index in [1.54, 1.807) is 0 Å². The molecule has 0 aliphatic carbocycles. The molecule has 0 spiro atoms. The van der Waals surface area contributed by atoms with Crippen LogP contribution in [0.4, 0.5) is 5.69 Å². The smallest absolute Gasteiger partial charge is 0.236 e. The molecule has 104 valence electrons. The molecule has 0 bridgehead atoms. The molecule has 1 fully saturated rings. The van der Waals surface area contributed by atoms with Crippen molar-refractivity contribution in [2.75, 3.05) is 25.1 Å². The van der Waals surface area contributed by atoms with Gasteiger partial charge in [-0.3, -0.25) is 4.79 Å².